The number of imidazole rings is 1. The van der Waals surface area contributed by atoms with Gasteiger partial charge < -0.3 is 10.3 Å². The van der Waals surface area contributed by atoms with Crippen LogP contribution in [0.4, 0.5) is 5.69 Å². The van der Waals surface area contributed by atoms with Gasteiger partial charge >= 0.3 is 0 Å². The molecule has 3 rings (SSSR count). The number of amides is 1. The normalized spacial score (nSPS) is 10.5. The molecule has 0 spiro atoms. The van der Waals surface area contributed by atoms with Crippen LogP contribution in [-0.2, 0) is 4.79 Å². The molecule has 0 saturated heterocycles. The highest BCUT2D eigenvalue weighted by atomic mass is 16.1. The number of aromatic nitrogens is 2. The third-order valence-electron chi connectivity index (χ3n) is 3.17. The first kappa shape index (κ1) is 13.1. The topological polar surface area (TPSA) is 57.8 Å². The molecule has 2 aromatic carbocycles. The van der Waals surface area contributed by atoms with Crippen molar-refractivity contribution in [1.29, 1.82) is 0 Å². The molecule has 2 N–H and O–H groups in total. The van der Waals surface area contributed by atoms with Crippen LogP contribution in [0.25, 0.3) is 22.4 Å². The molecule has 0 fully saturated rings. The molecular weight excluding hydrogens is 262 g/mol. The molecule has 0 unspecified atom stereocenters. The van der Waals surface area contributed by atoms with Crippen LogP contribution in [0.5, 0.6) is 0 Å². The fraction of sp³-hybridized carbons (Fsp3) is 0.0588. The van der Waals surface area contributed by atoms with E-state index in [0.29, 0.717) is 5.57 Å². The monoisotopic (exact) mass is 277 g/mol. The highest BCUT2D eigenvalue weighted by molar-refractivity contribution is 6.03. The maximum atomic E-state index is 11.7. The number of nitrogens with zero attached hydrogens (tertiary/aromatic N) is 1. The van der Waals surface area contributed by atoms with E-state index >= 15 is 0 Å². The number of H-pyrrole nitrogens is 1. The van der Waals surface area contributed by atoms with E-state index in [1.807, 2.05) is 48.5 Å². The van der Waals surface area contributed by atoms with Crippen molar-refractivity contribution in [2.45, 2.75) is 6.92 Å². The summed E-state index contributed by atoms with van der Waals surface area (Å²) in [6.07, 6.45) is 0. The molecule has 4 nitrogen and oxygen atoms in total. The Kier molecular flexibility index (Phi) is 3.28. The van der Waals surface area contributed by atoms with Gasteiger partial charge in [0.2, 0.25) is 0 Å². The second-order valence-electron chi connectivity index (χ2n) is 4.92. The Balaban J connectivity index is 1.95. The van der Waals surface area contributed by atoms with Crippen molar-refractivity contribution in [2.24, 2.45) is 0 Å². The van der Waals surface area contributed by atoms with E-state index in [1.165, 1.54) is 0 Å². The molecule has 1 amide bonds. The Bertz CT molecular complexity index is 800. The van der Waals surface area contributed by atoms with Crippen molar-refractivity contribution < 1.29 is 4.79 Å². The zero-order valence-corrected chi connectivity index (χ0v) is 11.7. The molecule has 4 heteroatoms. The Morgan fingerprint density at radius 1 is 1.19 bits per heavy atom. The van der Waals surface area contributed by atoms with Gasteiger partial charge in [-0.25, -0.2) is 4.98 Å². The number of para-hydroxylation sites is 2. The number of hydrogen-bond acceptors (Lipinski definition) is 2. The van der Waals surface area contributed by atoms with Gasteiger partial charge in [-0.2, -0.15) is 0 Å². The number of fused-ring (bicyclic) bond motifs is 1. The van der Waals surface area contributed by atoms with Gasteiger partial charge in [-0.3, -0.25) is 4.79 Å². The third-order valence-corrected chi connectivity index (χ3v) is 3.17. The van der Waals surface area contributed by atoms with Crippen molar-refractivity contribution in [1.82, 2.24) is 9.97 Å². The van der Waals surface area contributed by atoms with Crippen LogP contribution < -0.4 is 5.32 Å². The predicted octanol–water partition coefficient (Wildman–Crippen LogP) is 3.74. The van der Waals surface area contributed by atoms with Gasteiger partial charge in [-0.15, -0.1) is 0 Å². The van der Waals surface area contributed by atoms with Crippen LogP contribution in [0.1, 0.15) is 6.92 Å². The third kappa shape index (κ3) is 2.69. The number of carbonyl (C=O) groups excluding carboxylic acids is 1. The highest BCUT2D eigenvalue weighted by Crippen LogP contribution is 2.23. The Labute approximate surface area is 122 Å². The van der Waals surface area contributed by atoms with Gasteiger partial charge in [-0.05, 0) is 31.2 Å². The molecule has 0 bridgehead atoms. The molecule has 21 heavy (non-hydrogen) atoms. The molecule has 0 aliphatic carbocycles. The summed E-state index contributed by atoms with van der Waals surface area (Å²) in [6.45, 7) is 5.31. The number of hydrogen-bond donors (Lipinski definition) is 2. The lowest BCUT2D eigenvalue weighted by Gasteiger charge is -2.05. The van der Waals surface area contributed by atoms with Gasteiger partial charge in [0.05, 0.1) is 11.0 Å². The van der Waals surface area contributed by atoms with Crippen molar-refractivity contribution in [3.63, 3.8) is 0 Å². The summed E-state index contributed by atoms with van der Waals surface area (Å²) in [5.41, 5.74) is 4.03. The minimum absolute atomic E-state index is 0.184. The van der Waals surface area contributed by atoms with Crippen LogP contribution in [0.3, 0.4) is 0 Å². The summed E-state index contributed by atoms with van der Waals surface area (Å²) >= 11 is 0. The zero-order chi connectivity index (χ0) is 14.8. The summed E-state index contributed by atoms with van der Waals surface area (Å²) in [6, 6.07) is 15.4. The van der Waals surface area contributed by atoms with E-state index in [0.717, 1.165) is 28.1 Å². The second kappa shape index (κ2) is 5.25. The quantitative estimate of drug-likeness (QED) is 0.716. The Hall–Kier alpha value is -2.88. The molecule has 104 valence electrons. The van der Waals surface area contributed by atoms with E-state index in [2.05, 4.69) is 21.9 Å². The van der Waals surface area contributed by atoms with E-state index in [-0.39, 0.29) is 5.91 Å². The van der Waals surface area contributed by atoms with Crippen molar-refractivity contribution >= 4 is 22.6 Å². The lowest BCUT2D eigenvalue weighted by Crippen LogP contribution is -2.11. The second-order valence-corrected chi connectivity index (χ2v) is 4.92. The summed E-state index contributed by atoms with van der Waals surface area (Å²) in [4.78, 5) is 19.5. The minimum atomic E-state index is -0.184. The Morgan fingerprint density at radius 3 is 2.76 bits per heavy atom. The van der Waals surface area contributed by atoms with Crippen LogP contribution in [0.15, 0.2) is 60.7 Å². The van der Waals surface area contributed by atoms with Gasteiger partial charge in [0, 0.05) is 16.8 Å². The zero-order valence-electron chi connectivity index (χ0n) is 11.7. The number of rotatable bonds is 3. The fourth-order valence-electron chi connectivity index (χ4n) is 2.07. The van der Waals surface area contributed by atoms with E-state index in [1.54, 1.807) is 6.92 Å². The molecule has 0 aliphatic rings. The summed E-state index contributed by atoms with van der Waals surface area (Å²) in [5, 5.41) is 2.81. The molecular formula is C17H15N3O. The summed E-state index contributed by atoms with van der Waals surface area (Å²) < 4.78 is 0. The summed E-state index contributed by atoms with van der Waals surface area (Å²) in [5.74, 6) is 0.597. The molecule has 1 aromatic heterocycles. The highest BCUT2D eigenvalue weighted by Gasteiger charge is 2.07. The average Bonchev–Trinajstić information content (AvgIpc) is 2.91. The van der Waals surface area contributed by atoms with Crippen LogP contribution in [0.2, 0.25) is 0 Å². The Morgan fingerprint density at radius 2 is 2.00 bits per heavy atom. The minimum Gasteiger partial charge on any atom is -0.338 e. The number of anilines is 1. The molecule has 0 aliphatic heterocycles. The van der Waals surface area contributed by atoms with Gasteiger partial charge in [-0.1, -0.05) is 30.8 Å². The first-order valence-electron chi connectivity index (χ1n) is 6.65. The smallest absolute Gasteiger partial charge is 0.250 e. The van der Waals surface area contributed by atoms with Gasteiger partial charge in [0.25, 0.3) is 5.91 Å². The van der Waals surface area contributed by atoms with Gasteiger partial charge in [0.1, 0.15) is 5.82 Å². The van der Waals surface area contributed by atoms with Crippen LogP contribution in [-0.4, -0.2) is 15.9 Å². The van der Waals surface area contributed by atoms with E-state index < -0.39 is 0 Å². The largest absolute Gasteiger partial charge is 0.338 e. The van der Waals surface area contributed by atoms with Gasteiger partial charge in [0.15, 0.2) is 0 Å². The molecule has 0 radical (unpaired) electrons. The number of carbonyl (C=O) groups is 1. The fourth-order valence-corrected chi connectivity index (χ4v) is 2.07. The molecule has 0 saturated carbocycles. The molecule has 3 aromatic rings. The lowest BCUT2D eigenvalue weighted by molar-refractivity contribution is -0.112. The first-order chi connectivity index (χ1) is 10.1. The maximum absolute atomic E-state index is 11.7. The first-order valence-corrected chi connectivity index (χ1v) is 6.65. The van der Waals surface area contributed by atoms with Crippen molar-refractivity contribution in [3.05, 3.63) is 60.7 Å². The molecule has 0 atom stereocenters. The standard InChI is InChI=1S/C17H15N3O/c1-11(2)17(21)18-13-7-5-6-12(10-13)16-19-14-8-3-4-9-15(14)20-16/h3-10H,1H2,2H3,(H,18,21)(H,19,20). The van der Waals surface area contributed by atoms with Crippen molar-refractivity contribution in [3.8, 4) is 11.4 Å². The predicted molar refractivity (Wildman–Crippen MR) is 85.0 cm³/mol. The summed E-state index contributed by atoms with van der Waals surface area (Å²) in [7, 11) is 0. The maximum Gasteiger partial charge on any atom is 0.250 e. The number of nitrogens with one attached hydrogen (secondary N) is 2. The van der Waals surface area contributed by atoms with Crippen LogP contribution >= 0.6 is 0 Å². The molecule has 1 heterocycles. The number of benzene rings is 2. The van der Waals surface area contributed by atoms with E-state index in [4.69, 9.17) is 0 Å². The van der Waals surface area contributed by atoms with E-state index in [9.17, 15) is 4.79 Å². The van der Waals surface area contributed by atoms with Crippen LogP contribution in [0, 0.1) is 0 Å². The SMILES string of the molecule is C=C(C)C(=O)Nc1cccc(-c2nc3ccccc3[nH]2)c1. The number of aromatic amines is 1. The van der Waals surface area contributed by atoms with Crippen molar-refractivity contribution in [2.75, 3.05) is 5.32 Å². The average molecular weight is 277 g/mol. The lowest BCUT2D eigenvalue weighted by atomic mass is 10.2.